The first-order valence-electron chi connectivity index (χ1n) is 5.33. The van der Waals surface area contributed by atoms with E-state index in [2.05, 4.69) is 5.10 Å². The largest absolute Gasteiger partial charge is 0.478 e. The van der Waals surface area contributed by atoms with Crippen molar-refractivity contribution >= 4 is 29.3 Å². The van der Waals surface area contributed by atoms with Gasteiger partial charge in [-0.1, -0.05) is 24.6 Å². The number of nitrogens with zero attached hydrogens (tertiary/aromatic N) is 2. The number of benzene rings is 1. The minimum absolute atomic E-state index is 0.254. The lowest BCUT2D eigenvalue weighted by Gasteiger charge is -2.10. The number of carbonyl (C=O) groups is 1. The van der Waals surface area contributed by atoms with Gasteiger partial charge in [-0.3, -0.25) is 0 Å². The van der Waals surface area contributed by atoms with Crippen LogP contribution in [0.4, 0.5) is 0 Å². The molecule has 0 aliphatic carbocycles. The lowest BCUT2D eigenvalue weighted by atomic mass is 10.2. The van der Waals surface area contributed by atoms with Crippen molar-refractivity contribution in [1.29, 1.82) is 0 Å². The van der Waals surface area contributed by atoms with Crippen LogP contribution in [0.15, 0.2) is 35.5 Å². The fourth-order valence-corrected chi connectivity index (χ4v) is 2.59. The van der Waals surface area contributed by atoms with Crippen molar-refractivity contribution in [3.05, 3.63) is 41.2 Å². The molecule has 6 heteroatoms. The average molecular weight is 283 g/mol. The molecule has 0 bridgehead atoms. The normalized spacial score (nSPS) is 10.6. The Labute approximate surface area is 114 Å². The molecule has 0 amide bonds. The van der Waals surface area contributed by atoms with Crippen molar-refractivity contribution in [3.8, 4) is 5.69 Å². The number of carboxylic acids is 1. The summed E-state index contributed by atoms with van der Waals surface area (Å²) < 4.78 is 1.48. The Kier molecular flexibility index (Phi) is 3.93. The molecule has 0 saturated carbocycles. The number of aromatic nitrogens is 2. The van der Waals surface area contributed by atoms with E-state index < -0.39 is 5.97 Å². The van der Waals surface area contributed by atoms with E-state index in [-0.39, 0.29) is 5.56 Å². The topological polar surface area (TPSA) is 55.1 Å². The van der Waals surface area contributed by atoms with E-state index in [1.807, 2.05) is 13.0 Å². The number of aromatic carboxylic acids is 1. The molecule has 0 radical (unpaired) electrons. The summed E-state index contributed by atoms with van der Waals surface area (Å²) in [7, 11) is 0. The molecule has 0 unspecified atom stereocenters. The molecule has 1 aromatic heterocycles. The maximum absolute atomic E-state index is 11.4. The summed E-state index contributed by atoms with van der Waals surface area (Å²) in [4.78, 5) is 12.1. The molecule has 18 heavy (non-hydrogen) atoms. The molecule has 1 heterocycles. The zero-order chi connectivity index (χ0) is 13.1. The smallest absolute Gasteiger partial charge is 0.339 e. The first-order chi connectivity index (χ1) is 8.63. The summed E-state index contributed by atoms with van der Waals surface area (Å²) in [6, 6.07) is 5.33. The van der Waals surface area contributed by atoms with Gasteiger partial charge in [-0.15, -0.1) is 11.8 Å². The third-order valence-electron chi connectivity index (χ3n) is 2.32. The zero-order valence-corrected chi connectivity index (χ0v) is 11.2. The summed E-state index contributed by atoms with van der Waals surface area (Å²) in [6.45, 7) is 1.98. The van der Waals surface area contributed by atoms with Crippen LogP contribution in [0.5, 0.6) is 0 Å². The molecule has 94 valence electrons. The second-order valence-corrected chi connectivity index (χ2v) is 5.23. The minimum Gasteiger partial charge on any atom is -0.478 e. The maximum Gasteiger partial charge on any atom is 0.339 e. The van der Waals surface area contributed by atoms with E-state index in [0.717, 1.165) is 10.6 Å². The Morgan fingerprint density at radius 3 is 2.89 bits per heavy atom. The van der Waals surface area contributed by atoms with Crippen LogP contribution in [0.25, 0.3) is 5.69 Å². The highest BCUT2D eigenvalue weighted by atomic mass is 35.5. The SMILES string of the molecule is CCSc1cccc(-n2cc(Cl)cn2)c1C(=O)O. The Bertz CT molecular complexity index is 583. The molecule has 1 N–H and O–H groups in total. The van der Waals surface area contributed by atoms with Gasteiger partial charge in [0.2, 0.25) is 0 Å². The van der Waals surface area contributed by atoms with Crippen LogP contribution in [-0.2, 0) is 0 Å². The van der Waals surface area contributed by atoms with Gasteiger partial charge in [-0.25, -0.2) is 9.48 Å². The molecular weight excluding hydrogens is 272 g/mol. The minimum atomic E-state index is -0.965. The quantitative estimate of drug-likeness (QED) is 0.874. The van der Waals surface area contributed by atoms with Crippen LogP contribution in [-0.4, -0.2) is 26.6 Å². The Balaban J connectivity index is 2.59. The summed E-state index contributed by atoms with van der Waals surface area (Å²) in [5, 5.41) is 13.9. The average Bonchev–Trinajstić information content (AvgIpc) is 2.75. The highest BCUT2D eigenvalue weighted by Gasteiger charge is 2.17. The van der Waals surface area contributed by atoms with Gasteiger partial charge < -0.3 is 5.11 Å². The fourth-order valence-electron chi connectivity index (χ4n) is 1.63. The summed E-state index contributed by atoms with van der Waals surface area (Å²) in [5.74, 6) is -0.156. The second-order valence-electron chi connectivity index (χ2n) is 3.49. The van der Waals surface area contributed by atoms with Crippen LogP contribution in [0, 0.1) is 0 Å². The van der Waals surface area contributed by atoms with Gasteiger partial charge in [0, 0.05) is 11.1 Å². The van der Waals surface area contributed by atoms with Crippen molar-refractivity contribution in [2.45, 2.75) is 11.8 Å². The van der Waals surface area contributed by atoms with Gasteiger partial charge in [0.25, 0.3) is 0 Å². The molecule has 0 spiro atoms. The Morgan fingerprint density at radius 1 is 1.56 bits per heavy atom. The standard InChI is InChI=1S/C12H11ClN2O2S/c1-2-18-10-5-3-4-9(11(10)12(16)17)15-7-8(13)6-14-15/h3-7H,2H2,1H3,(H,16,17). The molecule has 0 saturated heterocycles. The molecule has 4 nitrogen and oxygen atoms in total. The summed E-state index contributed by atoms with van der Waals surface area (Å²) in [6.07, 6.45) is 3.07. The molecule has 0 fully saturated rings. The van der Waals surface area contributed by atoms with Crippen LogP contribution < -0.4 is 0 Å². The van der Waals surface area contributed by atoms with Gasteiger partial charge >= 0.3 is 5.97 Å². The fraction of sp³-hybridized carbons (Fsp3) is 0.167. The summed E-state index contributed by atoms with van der Waals surface area (Å²) in [5.41, 5.74) is 0.775. The monoisotopic (exact) mass is 282 g/mol. The highest BCUT2D eigenvalue weighted by Crippen LogP contribution is 2.27. The van der Waals surface area contributed by atoms with Crippen molar-refractivity contribution in [1.82, 2.24) is 9.78 Å². The van der Waals surface area contributed by atoms with Crippen LogP contribution in [0.1, 0.15) is 17.3 Å². The van der Waals surface area contributed by atoms with E-state index in [0.29, 0.717) is 10.7 Å². The molecule has 0 atom stereocenters. The molecule has 2 aromatic rings. The van der Waals surface area contributed by atoms with Crippen LogP contribution in [0.2, 0.25) is 5.02 Å². The number of halogens is 1. The van der Waals surface area contributed by atoms with E-state index in [9.17, 15) is 9.90 Å². The lowest BCUT2D eigenvalue weighted by Crippen LogP contribution is -2.07. The predicted molar refractivity (Wildman–Crippen MR) is 71.9 cm³/mol. The first kappa shape index (κ1) is 13.0. The van der Waals surface area contributed by atoms with Crippen molar-refractivity contribution in [3.63, 3.8) is 0 Å². The highest BCUT2D eigenvalue weighted by molar-refractivity contribution is 7.99. The van der Waals surface area contributed by atoms with Gasteiger partial charge in [0.1, 0.15) is 0 Å². The molecule has 2 rings (SSSR count). The van der Waals surface area contributed by atoms with Gasteiger partial charge in [-0.2, -0.15) is 5.10 Å². The number of carboxylic acid groups (broad SMARTS) is 1. The zero-order valence-electron chi connectivity index (χ0n) is 9.63. The van der Waals surface area contributed by atoms with E-state index in [1.165, 1.54) is 22.6 Å². The van der Waals surface area contributed by atoms with Crippen LogP contribution in [0.3, 0.4) is 0 Å². The van der Waals surface area contributed by atoms with Gasteiger partial charge in [0.05, 0.1) is 22.5 Å². The van der Waals surface area contributed by atoms with E-state index >= 15 is 0 Å². The maximum atomic E-state index is 11.4. The Morgan fingerprint density at radius 2 is 2.33 bits per heavy atom. The predicted octanol–water partition coefficient (Wildman–Crippen LogP) is 3.34. The third kappa shape index (κ3) is 2.52. The molecule has 0 aliphatic rings. The molecule has 1 aromatic carbocycles. The Hall–Kier alpha value is -1.46. The number of thioether (sulfide) groups is 1. The van der Waals surface area contributed by atoms with Crippen molar-refractivity contribution < 1.29 is 9.90 Å². The number of rotatable bonds is 4. The number of hydrogen-bond donors (Lipinski definition) is 1. The molecular formula is C12H11ClN2O2S. The van der Waals surface area contributed by atoms with Crippen molar-refractivity contribution in [2.75, 3.05) is 5.75 Å². The number of hydrogen-bond acceptors (Lipinski definition) is 3. The van der Waals surface area contributed by atoms with E-state index in [4.69, 9.17) is 11.6 Å². The molecule has 0 aliphatic heterocycles. The first-order valence-corrected chi connectivity index (χ1v) is 6.69. The lowest BCUT2D eigenvalue weighted by molar-refractivity contribution is 0.0693. The van der Waals surface area contributed by atoms with Crippen LogP contribution >= 0.6 is 23.4 Å². The van der Waals surface area contributed by atoms with Gasteiger partial charge in [-0.05, 0) is 17.9 Å². The van der Waals surface area contributed by atoms with Gasteiger partial charge in [0.15, 0.2) is 0 Å². The second kappa shape index (κ2) is 5.46. The van der Waals surface area contributed by atoms with E-state index in [1.54, 1.807) is 18.3 Å². The van der Waals surface area contributed by atoms with Crippen molar-refractivity contribution in [2.24, 2.45) is 0 Å². The third-order valence-corrected chi connectivity index (χ3v) is 3.45. The summed E-state index contributed by atoms with van der Waals surface area (Å²) >= 11 is 7.30.